The molecule has 0 saturated carbocycles. The molecule has 1 aliphatic rings. The minimum Gasteiger partial charge on any atom is -0.490 e. The van der Waals surface area contributed by atoms with Gasteiger partial charge >= 0.3 is 0 Å². The lowest BCUT2D eigenvalue weighted by atomic mass is 10.2. The summed E-state index contributed by atoms with van der Waals surface area (Å²) in [5.74, 6) is 1.99. The van der Waals surface area contributed by atoms with Crippen molar-refractivity contribution in [1.29, 1.82) is 0 Å². The number of hydrogen-bond donors (Lipinski definition) is 3. The molecule has 8 nitrogen and oxygen atoms in total. The molecule has 0 atom stereocenters. The lowest BCUT2D eigenvalue weighted by molar-refractivity contribution is 0.0323. The van der Waals surface area contributed by atoms with E-state index in [9.17, 15) is 0 Å². The summed E-state index contributed by atoms with van der Waals surface area (Å²) in [5.41, 5.74) is 4.06. The summed E-state index contributed by atoms with van der Waals surface area (Å²) >= 11 is 0. The number of H-pyrrole nitrogens is 1. The third-order valence-corrected chi connectivity index (χ3v) is 5.59. The number of anilines is 4. The molecule has 1 aliphatic heterocycles. The molecular weight excluding hydrogens is 416 g/mol. The molecule has 2 aromatic heterocycles. The van der Waals surface area contributed by atoms with E-state index < -0.39 is 0 Å². The molecule has 170 valence electrons. The molecule has 0 amide bonds. The summed E-state index contributed by atoms with van der Waals surface area (Å²) in [4.78, 5) is 14.7. The average molecular weight is 445 g/mol. The molecule has 3 N–H and O–H groups in total. The maximum Gasteiger partial charge on any atom is 0.229 e. The normalized spacial score (nSPS) is 14.3. The molecule has 0 aliphatic carbocycles. The van der Waals surface area contributed by atoms with Crippen LogP contribution in [0.4, 0.5) is 23.1 Å². The zero-order valence-corrected chi connectivity index (χ0v) is 18.7. The third-order valence-electron chi connectivity index (χ3n) is 5.59. The van der Waals surface area contributed by atoms with Crippen LogP contribution in [0, 0.1) is 6.92 Å². The van der Waals surface area contributed by atoms with Gasteiger partial charge in [-0.05, 0) is 49.4 Å². The Kier molecular flexibility index (Phi) is 6.37. The number of aromatic amines is 1. The summed E-state index contributed by atoms with van der Waals surface area (Å²) in [7, 11) is 0. The van der Waals surface area contributed by atoms with E-state index in [1.165, 1.54) is 0 Å². The van der Waals surface area contributed by atoms with Crippen LogP contribution >= 0.6 is 0 Å². The molecule has 4 aromatic rings. The molecule has 1 saturated heterocycles. The average Bonchev–Trinajstić information content (AvgIpc) is 3.20. The Morgan fingerprint density at radius 1 is 1.06 bits per heavy atom. The van der Waals surface area contributed by atoms with Crippen LogP contribution < -0.4 is 15.4 Å². The second-order valence-electron chi connectivity index (χ2n) is 8.07. The van der Waals surface area contributed by atoms with Crippen LogP contribution in [0.1, 0.15) is 5.69 Å². The van der Waals surface area contributed by atoms with Gasteiger partial charge in [0.1, 0.15) is 18.2 Å². The van der Waals surface area contributed by atoms with Crippen molar-refractivity contribution < 1.29 is 9.47 Å². The Morgan fingerprint density at radius 2 is 1.94 bits per heavy atom. The van der Waals surface area contributed by atoms with Crippen molar-refractivity contribution in [2.75, 3.05) is 50.1 Å². The first-order valence-electron chi connectivity index (χ1n) is 11.2. The van der Waals surface area contributed by atoms with Crippen LogP contribution in [0.25, 0.3) is 10.9 Å². The van der Waals surface area contributed by atoms with Gasteiger partial charge in [-0.3, -0.25) is 4.90 Å². The van der Waals surface area contributed by atoms with E-state index >= 15 is 0 Å². The van der Waals surface area contributed by atoms with E-state index in [0.29, 0.717) is 18.4 Å². The van der Waals surface area contributed by atoms with Gasteiger partial charge in [-0.15, -0.1) is 0 Å². The minimum absolute atomic E-state index is 0.503. The summed E-state index contributed by atoms with van der Waals surface area (Å²) in [5, 5.41) is 7.82. The van der Waals surface area contributed by atoms with Crippen LogP contribution in [-0.4, -0.2) is 59.3 Å². The Morgan fingerprint density at radius 3 is 2.85 bits per heavy atom. The second-order valence-corrected chi connectivity index (χ2v) is 8.07. The van der Waals surface area contributed by atoms with Crippen LogP contribution in [-0.2, 0) is 4.74 Å². The number of morpholine rings is 1. The number of aryl methyl sites for hydroxylation is 1. The first-order chi connectivity index (χ1) is 16.2. The summed E-state index contributed by atoms with van der Waals surface area (Å²) in [6.07, 6.45) is 1.73. The van der Waals surface area contributed by atoms with Crippen molar-refractivity contribution in [1.82, 2.24) is 19.9 Å². The van der Waals surface area contributed by atoms with Gasteiger partial charge in [0.15, 0.2) is 0 Å². The SMILES string of the molecule is Cc1cc2cc(Nc3ccnc(Nc4ccccc4OCCN4CCOCC4)n3)ccc2[nH]1. The number of aromatic nitrogens is 3. The maximum absolute atomic E-state index is 6.06. The van der Waals surface area contributed by atoms with E-state index in [-0.39, 0.29) is 0 Å². The van der Waals surface area contributed by atoms with Crippen molar-refractivity contribution >= 4 is 34.0 Å². The molecule has 33 heavy (non-hydrogen) atoms. The standard InChI is InChI=1S/C25H28N6O2/c1-18-16-19-17-20(6-7-21(19)27-18)28-24-8-9-26-25(30-24)29-22-4-2-3-5-23(22)33-15-12-31-10-13-32-14-11-31/h2-9,16-17,27H,10-15H2,1H3,(H2,26,28,29,30). The van der Waals surface area contributed by atoms with Crippen LogP contribution in [0.2, 0.25) is 0 Å². The summed E-state index contributed by atoms with van der Waals surface area (Å²) < 4.78 is 11.5. The Balaban J connectivity index is 1.24. The minimum atomic E-state index is 0.503. The smallest absolute Gasteiger partial charge is 0.229 e. The number of nitrogens with zero attached hydrogens (tertiary/aromatic N) is 3. The molecule has 0 radical (unpaired) electrons. The predicted octanol–water partition coefficient (Wildman–Crippen LogP) is 4.46. The lowest BCUT2D eigenvalue weighted by Crippen LogP contribution is -2.38. The van der Waals surface area contributed by atoms with Gasteiger partial charge in [-0.25, -0.2) is 4.98 Å². The molecular formula is C25H28N6O2. The quantitative estimate of drug-likeness (QED) is 0.370. The van der Waals surface area contributed by atoms with Gasteiger partial charge in [-0.2, -0.15) is 4.98 Å². The number of nitrogens with one attached hydrogen (secondary N) is 3. The number of fused-ring (bicyclic) bond motifs is 1. The molecule has 3 heterocycles. The molecule has 8 heteroatoms. The fourth-order valence-corrected chi connectivity index (χ4v) is 3.92. The Hall–Kier alpha value is -3.62. The molecule has 5 rings (SSSR count). The predicted molar refractivity (Wildman–Crippen MR) is 131 cm³/mol. The van der Waals surface area contributed by atoms with E-state index in [1.54, 1.807) is 6.20 Å². The zero-order valence-electron chi connectivity index (χ0n) is 18.7. The maximum atomic E-state index is 6.06. The lowest BCUT2D eigenvalue weighted by Gasteiger charge is -2.26. The van der Waals surface area contributed by atoms with Gasteiger partial charge in [0.25, 0.3) is 0 Å². The third kappa shape index (κ3) is 5.42. The first kappa shape index (κ1) is 21.2. The zero-order chi connectivity index (χ0) is 22.5. The molecule has 0 bridgehead atoms. The monoisotopic (exact) mass is 444 g/mol. The first-order valence-corrected chi connectivity index (χ1v) is 11.2. The fourth-order valence-electron chi connectivity index (χ4n) is 3.92. The topological polar surface area (TPSA) is 87.3 Å². The summed E-state index contributed by atoms with van der Waals surface area (Å²) in [6.45, 7) is 7.03. The van der Waals surface area contributed by atoms with E-state index in [1.807, 2.05) is 36.4 Å². The Bertz CT molecular complexity index is 1220. The van der Waals surface area contributed by atoms with Gasteiger partial charge in [0.2, 0.25) is 5.95 Å². The van der Waals surface area contributed by atoms with E-state index in [2.05, 4.69) is 55.6 Å². The van der Waals surface area contributed by atoms with Gasteiger partial charge in [0, 0.05) is 48.1 Å². The largest absolute Gasteiger partial charge is 0.490 e. The second kappa shape index (κ2) is 9.89. The van der Waals surface area contributed by atoms with Crippen molar-refractivity contribution in [2.24, 2.45) is 0 Å². The van der Waals surface area contributed by atoms with E-state index in [4.69, 9.17) is 9.47 Å². The highest BCUT2D eigenvalue weighted by atomic mass is 16.5. The summed E-state index contributed by atoms with van der Waals surface area (Å²) in [6, 6.07) is 18.0. The number of ether oxygens (including phenoxy) is 2. The van der Waals surface area contributed by atoms with Gasteiger partial charge in [-0.1, -0.05) is 12.1 Å². The highest BCUT2D eigenvalue weighted by molar-refractivity contribution is 5.84. The van der Waals surface area contributed by atoms with Crippen molar-refractivity contribution in [3.63, 3.8) is 0 Å². The van der Waals surface area contributed by atoms with Crippen LogP contribution in [0.5, 0.6) is 5.75 Å². The van der Waals surface area contributed by atoms with Gasteiger partial charge in [0.05, 0.1) is 18.9 Å². The van der Waals surface area contributed by atoms with Crippen molar-refractivity contribution in [3.05, 3.63) is 66.5 Å². The number of rotatable bonds is 8. The molecule has 0 spiro atoms. The van der Waals surface area contributed by atoms with Crippen molar-refractivity contribution in [3.8, 4) is 5.75 Å². The van der Waals surface area contributed by atoms with Crippen LogP contribution in [0.15, 0.2) is 60.8 Å². The number of hydrogen-bond acceptors (Lipinski definition) is 7. The highest BCUT2D eigenvalue weighted by Gasteiger charge is 2.11. The molecule has 1 fully saturated rings. The van der Waals surface area contributed by atoms with Crippen molar-refractivity contribution in [2.45, 2.75) is 6.92 Å². The van der Waals surface area contributed by atoms with Gasteiger partial charge < -0.3 is 25.1 Å². The van der Waals surface area contributed by atoms with Crippen LogP contribution in [0.3, 0.4) is 0 Å². The number of benzene rings is 2. The highest BCUT2D eigenvalue weighted by Crippen LogP contribution is 2.27. The fraction of sp³-hybridized carbons (Fsp3) is 0.280. The number of para-hydroxylation sites is 2. The molecule has 2 aromatic carbocycles. The van der Waals surface area contributed by atoms with E-state index in [0.717, 1.165) is 66.6 Å². The Labute approximate surface area is 193 Å². The molecule has 0 unspecified atom stereocenters.